The summed E-state index contributed by atoms with van der Waals surface area (Å²) in [4.78, 5) is 0. The monoisotopic (exact) mass is 327 g/mol. The molecule has 2 nitrogen and oxygen atoms in total. The third kappa shape index (κ3) is 5.82. The number of hydrogen-bond donors (Lipinski definition) is 1. The van der Waals surface area contributed by atoms with Gasteiger partial charge in [0.25, 0.3) is 0 Å². The van der Waals surface area contributed by atoms with Gasteiger partial charge in [-0.05, 0) is 42.7 Å². The molecule has 0 aliphatic carbocycles. The van der Waals surface area contributed by atoms with Crippen LogP contribution in [0.2, 0.25) is 0 Å². The van der Waals surface area contributed by atoms with Crippen molar-refractivity contribution in [2.24, 2.45) is 0 Å². The highest BCUT2D eigenvalue weighted by atomic mass is 19.1. The standard InChI is InChI=1S/C21H26FNO/c1-16(22)14-15-24-17(2)20-10-6-18(7-11-20)4-5-19-8-12-21(23-3)13-9-19/h4-13,16-17,23H,14-15H2,1-3H3. The Morgan fingerprint density at radius 2 is 1.50 bits per heavy atom. The zero-order valence-electron chi connectivity index (χ0n) is 14.6. The minimum absolute atomic E-state index is 0.0177. The van der Waals surface area contributed by atoms with E-state index in [1.165, 1.54) is 0 Å². The highest BCUT2D eigenvalue weighted by molar-refractivity contribution is 5.70. The van der Waals surface area contributed by atoms with Gasteiger partial charge in [-0.25, -0.2) is 4.39 Å². The van der Waals surface area contributed by atoms with E-state index in [4.69, 9.17) is 4.74 Å². The quantitative estimate of drug-likeness (QED) is 0.626. The predicted octanol–water partition coefficient (Wildman–Crippen LogP) is 5.72. The normalized spacial score (nSPS) is 13.8. The van der Waals surface area contributed by atoms with Crippen molar-refractivity contribution in [2.45, 2.75) is 32.5 Å². The van der Waals surface area contributed by atoms with Crippen LogP contribution in [0.5, 0.6) is 0 Å². The number of hydrogen-bond acceptors (Lipinski definition) is 2. The van der Waals surface area contributed by atoms with Crippen LogP contribution in [-0.2, 0) is 4.74 Å². The molecule has 128 valence electrons. The van der Waals surface area contributed by atoms with Gasteiger partial charge in [0, 0.05) is 19.2 Å². The van der Waals surface area contributed by atoms with E-state index < -0.39 is 6.17 Å². The molecular weight excluding hydrogens is 301 g/mol. The van der Waals surface area contributed by atoms with E-state index in [2.05, 4.69) is 66.0 Å². The molecule has 0 fully saturated rings. The number of rotatable bonds is 8. The van der Waals surface area contributed by atoms with Crippen LogP contribution < -0.4 is 5.32 Å². The van der Waals surface area contributed by atoms with E-state index in [1.54, 1.807) is 6.92 Å². The van der Waals surface area contributed by atoms with Crippen LogP contribution in [0, 0.1) is 0 Å². The molecule has 2 aromatic rings. The van der Waals surface area contributed by atoms with Crippen molar-refractivity contribution in [3.63, 3.8) is 0 Å². The van der Waals surface area contributed by atoms with Crippen molar-refractivity contribution in [3.8, 4) is 0 Å². The predicted molar refractivity (Wildman–Crippen MR) is 101 cm³/mol. The number of benzene rings is 2. The second-order valence-corrected chi connectivity index (χ2v) is 5.95. The van der Waals surface area contributed by atoms with Crippen molar-refractivity contribution in [1.82, 2.24) is 0 Å². The Morgan fingerprint density at radius 3 is 2.00 bits per heavy atom. The molecule has 0 saturated heterocycles. The first-order chi connectivity index (χ1) is 11.6. The molecule has 0 spiro atoms. The second-order valence-electron chi connectivity index (χ2n) is 5.95. The van der Waals surface area contributed by atoms with Crippen molar-refractivity contribution in [2.75, 3.05) is 19.0 Å². The van der Waals surface area contributed by atoms with Crippen molar-refractivity contribution in [3.05, 3.63) is 65.2 Å². The van der Waals surface area contributed by atoms with Crippen LogP contribution in [-0.4, -0.2) is 19.8 Å². The van der Waals surface area contributed by atoms with Crippen LogP contribution in [0.25, 0.3) is 12.2 Å². The molecule has 0 saturated carbocycles. The van der Waals surface area contributed by atoms with Gasteiger partial charge >= 0.3 is 0 Å². The number of nitrogens with one attached hydrogen (secondary N) is 1. The van der Waals surface area contributed by atoms with Gasteiger partial charge in [-0.3, -0.25) is 0 Å². The van der Waals surface area contributed by atoms with Gasteiger partial charge in [-0.2, -0.15) is 0 Å². The molecule has 2 rings (SSSR count). The topological polar surface area (TPSA) is 21.3 Å². The molecule has 0 aliphatic heterocycles. The lowest BCUT2D eigenvalue weighted by Crippen LogP contribution is -2.05. The highest BCUT2D eigenvalue weighted by Gasteiger charge is 2.06. The summed E-state index contributed by atoms with van der Waals surface area (Å²) in [6.45, 7) is 4.00. The highest BCUT2D eigenvalue weighted by Crippen LogP contribution is 2.19. The molecule has 3 heteroatoms. The maximum atomic E-state index is 12.8. The van der Waals surface area contributed by atoms with E-state index >= 15 is 0 Å². The van der Waals surface area contributed by atoms with E-state index in [0.29, 0.717) is 13.0 Å². The van der Waals surface area contributed by atoms with Crippen LogP contribution in [0.4, 0.5) is 10.1 Å². The molecule has 2 unspecified atom stereocenters. The zero-order valence-corrected chi connectivity index (χ0v) is 14.6. The minimum Gasteiger partial charge on any atom is -0.388 e. The van der Waals surface area contributed by atoms with Crippen molar-refractivity contribution in [1.29, 1.82) is 0 Å². The fraction of sp³-hybridized carbons (Fsp3) is 0.333. The Bertz CT molecular complexity index is 632. The van der Waals surface area contributed by atoms with E-state index in [9.17, 15) is 4.39 Å². The van der Waals surface area contributed by atoms with Crippen molar-refractivity contribution < 1.29 is 9.13 Å². The van der Waals surface area contributed by atoms with Gasteiger partial charge < -0.3 is 10.1 Å². The summed E-state index contributed by atoms with van der Waals surface area (Å²) in [5.74, 6) is 0. The maximum Gasteiger partial charge on any atom is 0.0995 e. The summed E-state index contributed by atoms with van der Waals surface area (Å²) in [5, 5.41) is 3.11. The molecule has 24 heavy (non-hydrogen) atoms. The fourth-order valence-electron chi connectivity index (χ4n) is 2.33. The summed E-state index contributed by atoms with van der Waals surface area (Å²) in [5.41, 5.74) is 4.51. The average Bonchev–Trinajstić information content (AvgIpc) is 2.60. The Kier molecular flexibility index (Phi) is 7.01. The van der Waals surface area contributed by atoms with Gasteiger partial charge in [0.05, 0.1) is 18.9 Å². The molecule has 1 N–H and O–H groups in total. The molecule has 0 bridgehead atoms. The summed E-state index contributed by atoms with van der Waals surface area (Å²) >= 11 is 0. The third-order valence-electron chi connectivity index (χ3n) is 3.96. The smallest absolute Gasteiger partial charge is 0.0995 e. The van der Waals surface area contributed by atoms with Gasteiger partial charge in [-0.1, -0.05) is 48.6 Å². The first kappa shape index (κ1) is 18.2. The Morgan fingerprint density at radius 1 is 0.958 bits per heavy atom. The largest absolute Gasteiger partial charge is 0.388 e. The number of halogens is 1. The summed E-state index contributed by atoms with van der Waals surface area (Å²) in [6, 6.07) is 16.6. The van der Waals surface area contributed by atoms with Gasteiger partial charge in [0.2, 0.25) is 0 Å². The Hall–Kier alpha value is -2.13. The SMILES string of the molecule is CNc1ccc(C=Cc2ccc(C(C)OCCC(C)F)cc2)cc1. The lowest BCUT2D eigenvalue weighted by molar-refractivity contribution is 0.0535. The maximum absolute atomic E-state index is 12.8. The second kappa shape index (κ2) is 9.24. The minimum atomic E-state index is -0.813. The van der Waals surface area contributed by atoms with Crippen LogP contribution in [0.3, 0.4) is 0 Å². The molecule has 0 heterocycles. The summed E-state index contributed by atoms with van der Waals surface area (Å²) < 4.78 is 18.4. The zero-order chi connectivity index (χ0) is 17.4. The van der Waals surface area contributed by atoms with Gasteiger partial charge in [0.1, 0.15) is 0 Å². The fourth-order valence-corrected chi connectivity index (χ4v) is 2.33. The summed E-state index contributed by atoms with van der Waals surface area (Å²) in [6.07, 6.45) is 3.80. The molecule has 2 aromatic carbocycles. The van der Waals surface area contributed by atoms with E-state index in [0.717, 1.165) is 22.4 Å². The molecule has 0 aliphatic rings. The van der Waals surface area contributed by atoms with E-state index in [1.807, 2.05) is 14.0 Å². The summed E-state index contributed by atoms with van der Waals surface area (Å²) in [7, 11) is 1.91. The number of alkyl halides is 1. The molecule has 2 atom stereocenters. The first-order valence-electron chi connectivity index (χ1n) is 8.40. The van der Waals surface area contributed by atoms with Crippen molar-refractivity contribution >= 4 is 17.8 Å². The first-order valence-corrected chi connectivity index (χ1v) is 8.40. The van der Waals surface area contributed by atoms with Gasteiger partial charge in [-0.15, -0.1) is 0 Å². The van der Waals surface area contributed by atoms with Crippen LogP contribution in [0.15, 0.2) is 48.5 Å². The molecular formula is C21H26FNO. The molecule has 0 radical (unpaired) electrons. The Balaban J connectivity index is 1.92. The van der Waals surface area contributed by atoms with Gasteiger partial charge in [0.15, 0.2) is 0 Å². The molecule has 0 aromatic heterocycles. The van der Waals surface area contributed by atoms with Crippen LogP contribution in [0.1, 0.15) is 43.1 Å². The Labute approximate surface area is 144 Å². The molecule has 0 amide bonds. The number of ether oxygens (including phenoxy) is 1. The van der Waals surface area contributed by atoms with E-state index in [-0.39, 0.29) is 6.10 Å². The lowest BCUT2D eigenvalue weighted by Gasteiger charge is -2.14. The van der Waals surface area contributed by atoms with Crippen LogP contribution >= 0.6 is 0 Å². The number of anilines is 1. The third-order valence-corrected chi connectivity index (χ3v) is 3.96. The average molecular weight is 327 g/mol. The lowest BCUT2D eigenvalue weighted by atomic mass is 10.1.